The SMILES string of the molecule is CPC(=O)[C@H](CCC(=O)N(c1ccc(C)c(S(N)(=O)=O)c1)c1nccc(N(C)c2ccc3c(C)n(C)nc3c2)n1)NC(C)=O. The number of benzene rings is 2. The number of hydrogen-bond donors (Lipinski definition) is 2. The maximum absolute atomic E-state index is 13.8. The predicted molar refractivity (Wildman–Crippen MR) is 171 cm³/mol. The Bertz CT molecular complexity index is 1860. The van der Waals surface area contributed by atoms with Crippen LogP contribution >= 0.6 is 8.58 Å². The number of aryl methyl sites for hydroxylation is 3. The molecule has 2 atom stereocenters. The van der Waals surface area contributed by atoms with Gasteiger partial charge in [0.25, 0.3) is 0 Å². The largest absolute Gasteiger partial charge is 0.346 e. The number of primary sulfonamides is 1. The molecule has 0 aliphatic heterocycles. The Kier molecular flexibility index (Phi) is 9.77. The highest BCUT2D eigenvalue weighted by molar-refractivity contribution is 7.89. The summed E-state index contributed by atoms with van der Waals surface area (Å²) in [4.78, 5) is 49.9. The molecule has 232 valence electrons. The number of hydrogen-bond acceptors (Lipinski definition) is 9. The first kappa shape index (κ1) is 32.6. The van der Waals surface area contributed by atoms with Crippen LogP contribution in [0.15, 0.2) is 53.6 Å². The summed E-state index contributed by atoms with van der Waals surface area (Å²) in [5, 5.41) is 13.7. The number of fused-ring (bicyclic) bond motifs is 1. The van der Waals surface area contributed by atoms with Gasteiger partial charge in [-0.15, -0.1) is 0 Å². The van der Waals surface area contributed by atoms with Gasteiger partial charge in [-0.25, -0.2) is 23.4 Å². The number of carbonyl (C=O) groups is 3. The third-order valence-corrected chi connectivity index (χ3v) is 9.14. The molecule has 0 bridgehead atoms. The molecule has 44 heavy (non-hydrogen) atoms. The smallest absolute Gasteiger partial charge is 0.238 e. The minimum atomic E-state index is -4.11. The summed E-state index contributed by atoms with van der Waals surface area (Å²) < 4.78 is 26.5. The fourth-order valence-electron chi connectivity index (χ4n) is 4.77. The lowest BCUT2D eigenvalue weighted by Gasteiger charge is -2.25. The minimum Gasteiger partial charge on any atom is -0.346 e. The van der Waals surface area contributed by atoms with Crippen LogP contribution in [0.3, 0.4) is 0 Å². The minimum absolute atomic E-state index is 0.0156. The van der Waals surface area contributed by atoms with Crippen molar-refractivity contribution in [3.8, 4) is 0 Å². The number of nitrogens with one attached hydrogen (secondary N) is 1. The number of anilines is 4. The van der Waals surface area contributed by atoms with Gasteiger partial charge in [0, 0.05) is 50.4 Å². The molecule has 3 N–H and O–H groups in total. The summed E-state index contributed by atoms with van der Waals surface area (Å²) in [6, 6.07) is 11.1. The molecule has 1 unspecified atom stereocenters. The summed E-state index contributed by atoms with van der Waals surface area (Å²) in [5.74, 6) is -0.461. The topological polar surface area (TPSA) is 173 Å². The molecule has 0 aliphatic rings. The fourth-order valence-corrected chi connectivity index (χ4v) is 6.13. The van der Waals surface area contributed by atoms with Crippen LogP contribution in [0.2, 0.25) is 0 Å². The first-order chi connectivity index (χ1) is 20.7. The number of carbonyl (C=O) groups excluding carboxylic acids is 3. The molecular formula is C29H35N8O5PS. The third kappa shape index (κ3) is 7.09. The molecule has 0 spiro atoms. The highest BCUT2D eigenvalue weighted by Gasteiger charge is 2.27. The lowest BCUT2D eigenvalue weighted by molar-refractivity contribution is -0.124. The average molecular weight is 639 g/mol. The lowest BCUT2D eigenvalue weighted by atomic mass is 10.1. The van der Waals surface area contributed by atoms with Crippen molar-refractivity contribution in [2.75, 3.05) is 23.5 Å². The number of sulfonamides is 1. The first-order valence-electron chi connectivity index (χ1n) is 13.7. The van der Waals surface area contributed by atoms with Crippen molar-refractivity contribution in [1.29, 1.82) is 0 Å². The van der Waals surface area contributed by atoms with Gasteiger partial charge in [0.2, 0.25) is 27.8 Å². The summed E-state index contributed by atoms with van der Waals surface area (Å²) in [5.41, 5.74) is 3.03. The Morgan fingerprint density at radius 3 is 2.45 bits per heavy atom. The van der Waals surface area contributed by atoms with Crippen LogP contribution in [0.25, 0.3) is 10.9 Å². The fraction of sp³-hybridized carbons (Fsp3) is 0.310. The van der Waals surface area contributed by atoms with E-state index in [9.17, 15) is 22.8 Å². The van der Waals surface area contributed by atoms with E-state index in [1.165, 1.54) is 30.2 Å². The first-order valence-corrected chi connectivity index (χ1v) is 16.7. The molecule has 0 fully saturated rings. The molecule has 0 saturated heterocycles. The molecule has 4 aromatic rings. The Morgan fingerprint density at radius 2 is 1.80 bits per heavy atom. The summed E-state index contributed by atoms with van der Waals surface area (Å²) in [6.07, 6.45) is 1.36. The Labute approximate surface area is 257 Å². The molecule has 2 aromatic carbocycles. The molecule has 15 heteroatoms. The zero-order chi connectivity index (χ0) is 32.3. The molecule has 0 saturated carbocycles. The molecule has 2 aromatic heterocycles. The zero-order valence-corrected chi connectivity index (χ0v) is 27.1. The third-order valence-electron chi connectivity index (χ3n) is 7.25. The van der Waals surface area contributed by atoms with Crippen LogP contribution < -0.4 is 20.3 Å². The summed E-state index contributed by atoms with van der Waals surface area (Å²) in [7, 11) is -0.494. The molecule has 0 aliphatic carbocycles. The van der Waals surface area contributed by atoms with Crippen molar-refractivity contribution in [3.05, 3.63) is 59.9 Å². The van der Waals surface area contributed by atoms with Crippen LogP contribution in [0, 0.1) is 13.8 Å². The van der Waals surface area contributed by atoms with Crippen LogP contribution in [-0.2, 0) is 31.5 Å². The normalized spacial score (nSPS) is 12.4. The maximum atomic E-state index is 13.8. The van der Waals surface area contributed by atoms with E-state index in [-0.39, 0.29) is 49.4 Å². The van der Waals surface area contributed by atoms with Gasteiger partial charge in [-0.05, 0) is 68.9 Å². The predicted octanol–water partition coefficient (Wildman–Crippen LogP) is 3.18. The van der Waals surface area contributed by atoms with Crippen molar-refractivity contribution in [2.45, 2.75) is 44.6 Å². The number of aromatic nitrogens is 4. The van der Waals surface area contributed by atoms with E-state index >= 15 is 0 Å². The van der Waals surface area contributed by atoms with E-state index in [1.807, 2.05) is 48.8 Å². The van der Waals surface area contributed by atoms with Gasteiger partial charge >= 0.3 is 0 Å². The molecule has 2 amide bonds. The van der Waals surface area contributed by atoms with E-state index in [0.29, 0.717) is 11.4 Å². The van der Waals surface area contributed by atoms with Crippen LogP contribution in [0.5, 0.6) is 0 Å². The van der Waals surface area contributed by atoms with E-state index in [4.69, 9.17) is 5.14 Å². The monoisotopic (exact) mass is 638 g/mol. The molecule has 0 radical (unpaired) electrons. The van der Waals surface area contributed by atoms with Crippen molar-refractivity contribution >= 4 is 70.0 Å². The lowest BCUT2D eigenvalue weighted by Crippen LogP contribution is -2.39. The van der Waals surface area contributed by atoms with Gasteiger partial charge in [0.15, 0.2) is 5.52 Å². The second kappa shape index (κ2) is 13.2. The number of rotatable bonds is 11. The van der Waals surface area contributed by atoms with Crippen molar-refractivity contribution < 1.29 is 22.8 Å². The highest BCUT2D eigenvalue weighted by atomic mass is 32.2. The molecule has 2 heterocycles. The Morgan fingerprint density at radius 1 is 1.09 bits per heavy atom. The van der Waals surface area contributed by atoms with Crippen molar-refractivity contribution in [1.82, 2.24) is 25.1 Å². The Balaban J connectivity index is 1.75. The van der Waals surface area contributed by atoms with Gasteiger partial charge < -0.3 is 10.2 Å². The van der Waals surface area contributed by atoms with E-state index in [2.05, 4.69) is 20.4 Å². The maximum Gasteiger partial charge on any atom is 0.238 e. The molecule has 13 nitrogen and oxygen atoms in total. The van der Waals surface area contributed by atoms with Gasteiger partial charge in [0.1, 0.15) is 5.82 Å². The zero-order valence-electron chi connectivity index (χ0n) is 25.3. The second-order valence-electron chi connectivity index (χ2n) is 10.3. The van der Waals surface area contributed by atoms with Gasteiger partial charge in [-0.2, -0.15) is 10.1 Å². The second-order valence-corrected chi connectivity index (χ2v) is 12.8. The molecule has 4 rings (SSSR count). The van der Waals surface area contributed by atoms with Gasteiger partial charge in [-0.3, -0.25) is 19.1 Å². The summed E-state index contributed by atoms with van der Waals surface area (Å²) in [6.45, 7) is 6.59. The van der Waals surface area contributed by atoms with E-state index < -0.39 is 22.0 Å². The van der Waals surface area contributed by atoms with Gasteiger partial charge in [-0.1, -0.05) is 14.6 Å². The molecular weight excluding hydrogens is 603 g/mol. The van der Waals surface area contributed by atoms with E-state index in [1.54, 1.807) is 25.7 Å². The van der Waals surface area contributed by atoms with Crippen LogP contribution in [-0.4, -0.2) is 65.3 Å². The van der Waals surface area contributed by atoms with Crippen LogP contribution in [0.4, 0.5) is 23.1 Å². The van der Waals surface area contributed by atoms with Crippen molar-refractivity contribution in [3.63, 3.8) is 0 Å². The average Bonchev–Trinajstić information content (AvgIpc) is 3.26. The van der Waals surface area contributed by atoms with E-state index in [0.717, 1.165) is 22.3 Å². The Hall–Kier alpha value is -4.26. The number of amides is 2. The number of nitrogens with two attached hydrogens (primary N) is 1. The van der Waals surface area contributed by atoms with Crippen LogP contribution in [0.1, 0.15) is 31.0 Å². The summed E-state index contributed by atoms with van der Waals surface area (Å²) >= 11 is 0. The van der Waals surface area contributed by atoms with Crippen molar-refractivity contribution in [2.24, 2.45) is 12.2 Å². The highest BCUT2D eigenvalue weighted by Crippen LogP contribution is 2.31. The standard InChI is InChI=1S/C29H35N8O5PS/c1-17-7-8-21(16-25(17)44(30,41)42)37(27(39)12-11-23(28(40)43-6)32-19(3)38)29-31-14-13-26(33-29)35(4)20-9-10-22-18(2)36(5)34-24(22)15-20/h7-10,13-16,23,43H,11-12H2,1-6H3,(H,32,38)(H2,30,41,42)/t23-/m0/s1. The number of nitrogens with zero attached hydrogens (tertiary/aromatic N) is 6. The van der Waals surface area contributed by atoms with Gasteiger partial charge in [0.05, 0.1) is 22.1 Å². The quantitative estimate of drug-likeness (QED) is 0.234.